The van der Waals surface area contributed by atoms with Gasteiger partial charge in [-0.15, -0.1) is 0 Å². The van der Waals surface area contributed by atoms with Crippen LogP contribution in [0.1, 0.15) is 24.8 Å². The molecule has 1 aromatic rings. The SMILES string of the molecule is COc1c(CCCN)cccc1OC1CCCSC1. The van der Waals surface area contributed by atoms with Crippen molar-refractivity contribution in [2.45, 2.75) is 31.8 Å². The van der Waals surface area contributed by atoms with Crippen molar-refractivity contribution < 1.29 is 9.47 Å². The largest absolute Gasteiger partial charge is 0.493 e. The number of rotatable bonds is 6. The lowest BCUT2D eigenvalue weighted by molar-refractivity contribution is 0.202. The van der Waals surface area contributed by atoms with Crippen LogP contribution in [0.2, 0.25) is 0 Å². The molecule has 0 bridgehead atoms. The number of nitrogens with two attached hydrogens (primary N) is 1. The Balaban J connectivity index is 2.09. The van der Waals surface area contributed by atoms with Crippen molar-refractivity contribution >= 4 is 11.8 Å². The summed E-state index contributed by atoms with van der Waals surface area (Å²) in [7, 11) is 1.71. The van der Waals surface area contributed by atoms with Crippen LogP contribution < -0.4 is 15.2 Å². The van der Waals surface area contributed by atoms with Gasteiger partial charge in [0.25, 0.3) is 0 Å². The lowest BCUT2D eigenvalue weighted by atomic mass is 10.1. The van der Waals surface area contributed by atoms with E-state index in [1.807, 2.05) is 23.9 Å². The summed E-state index contributed by atoms with van der Waals surface area (Å²) in [6.07, 6.45) is 4.61. The number of hydrogen-bond acceptors (Lipinski definition) is 4. The van der Waals surface area contributed by atoms with E-state index < -0.39 is 0 Å². The highest BCUT2D eigenvalue weighted by Crippen LogP contribution is 2.34. The molecule has 1 heterocycles. The van der Waals surface area contributed by atoms with Gasteiger partial charge in [-0.1, -0.05) is 12.1 Å². The predicted octanol–water partition coefficient (Wildman–Crippen LogP) is 2.86. The van der Waals surface area contributed by atoms with Crippen molar-refractivity contribution in [3.63, 3.8) is 0 Å². The van der Waals surface area contributed by atoms with Crippen molar-refractivity contribution in [1.29, 1.82) is 0 Å². The number of aryl methyl sites for hydroxylation is 1. The zero-order chi connectivity index (χ0) is 13.5. The molecule has 3 nitrogen and oxygen atoms in total. The Morgan fingerprint density at radius 1 is 1.42 bits per heavy atom. The van der Waals surface area contributed by atoms with E-state index in [1.165, 1.54) is 17.7 Å². The first kappa shape index (κ1) is 14.5. The molecule has 0 spiro atoms. The van der Waals surface area contributed by atoms with Crippen molar-refractivity contribution in [2.24, 2.45) is 5.73 Å². The minimum absolute atomic E-state index is 0.317. The molecule has 4 heteroatoms. The van der Waals surface area contributed by atoms with Crippen LogP contribution in [0.3, 0.4) is 0 Å². The Labute approximate surface area is 119 Å². The molecule has 1 fully saturated rings. The summed E-state index contributed by atoms with van der Waals surface area (Å²) in [5.41, 5.74) is 6.77. The normalized spacial score (nSPS) is 19.2. The summed E-state index contributed by atoms with van der Waals surface area (Å²) >= 11 is 1.97. The Bertz CT molecular complexity index is 392. The third kappa shape index (κ3) is 4.05. The molecule has 19 heavy (non-hydrogen) atoms. The van der Waals surface area contributed by atoms with Gasteiger partial charge in [0.15, 0.2) is 11.5 Å². The number of benzene rings is 1. The minimum Gasteiger partial charge on any atom is -0.493 e. The van der Waals surface area contributed by atoms with E-state index in [9.17, 15) is 0 Å². The fraction of sp³-hybridized carbons (Fsp3) is 0.600. The van der Waals surface area contributed by atoms with Crippen molar-refractivity contribution in [1.82, 2.24) is 0 Å². The van der Waals surface area contributed by atoms with E-state index in [0.717, 1.165) is 36.5 Å². The topological polar surface area (TPSA) is 44.5 Å². The van der Waals surface area contributed by atoms with Gasteiger partial charge in [0.1, 0.15) is 6.10 Å². The summed E-state index contributed by atoms with van der Waals surface area (Å²) in [5.74, 6) is 4.10. The van der Waals surface area contributed by atoms with Crippen LogP contribution in [0.4, 0.5) is 0 Å². The van der Waals surface area contributed by atoms with E-state index in [4.69, 9.17) is 15.2 Å². The molecule has 1 unspecified atom stereocenters. The fourth-order valence-corrected chi connectivity index (χ4v) is 3.39. The highest BCUT2D eigenvalue weighted by Gasteiger charge is 2.18. The monoisotopic (exact) mass is 281 g/mol. The van der Waals surface area contributed by atoms with Crippen LogP contribution in [0.5, 0.6) is 11.5 Å². The van der Waals surface area contributed by atoms with Gasteiger partial charge in [-0.25, -0.2) is 0 Å². The Morgan fingerprint density at radius 2 is 2.32 bits per heavy atom. The molecule has 1 aliphatic rings. The summed E-state index contributed by atoms with van der Waals surface area (Å²) in [5, 5.41) is 0. The second-order valence-corrected chi connectivity index (χ2v) is 5.95. The number of para-hydroxylation sites is 1. The molecule has 2 N–H and O–H groups in total. The molecule has 1 saturated heterocycles. The van der Waals surface area contributed by atoms with Crippen LogP contribution in [0.25, 0.3) is 0 Å². The first-order valence-corrected chi connectivity index (χ1v) is 8.11. The zero-order valence-corrected chi connectivity index (χ0v) is 12.4. The number of ether oxygens (including phenoxy) is 2. The smallest absolute Gasteiger partial charge is 0.163 e. The Kier molecular flexibility index (Phi) is 5.86. The summed E-state index contributed by atoms with van der Waals surface area (Å²) in [4.78, 5) is 0. The van der Waals surface area contributed by atoms with E-state index in [0.29, 0.717) is 12.6 Å². The molecule has 106 valence electrons. The van der Waals surface area contributed by atoms with Crippen LogP contribution in [-0.4, -0.2) is 31.3 Å². The lowest BCUT2D eigenvalue weighted by Crippen LogP contribution is -2.23. The Hall–Kier alpha value is -0.870. The second-order valence-electron chi connectivity index (χ2n) is 4.80. The molecule has 0 amide bonds. The molecular weight excluding hydrogens is 258 g/mol. The van der Waals surface area contributed by atoms with E-state index in [-0.39, 0.29) is 0 Å². The van der Waals surface area contributed by atoms with E-state index in [1.54, 1.807) is 7.11 Å². The number of thioether (sulfide) groups is 1. The average molecular weight is 281 g/mol. The lowest BCUT2D eigenvalue weighted by Gasteiger charge is -2.24. The molecule has 0 aliphatic carbocycles. The molecule has 2 rings (SSSR count). The van der Waals surface area contributed by atoms with Gasteiger partial charge in [0, 0.05) is 5.75 Å². The first-order valence-electron chi connectivity index (χ1n) is 6.95. The van der Waals surface area contributed by atoms with Crippen molar-refractivity contribution in [3.05, 3.63) is 23.8 Å². The highest BCUT2D eigenvalue weighted by atomic mass is 32.2. The van der Waals surface area contributed by atoms with Crippen LogP contribution >= 0.6 is 11.8 Å². The maximum Gasteiger partial charge on any atom is 0.163 e. The quantitative estimate of drug-likeness (QED) is 0.871. The molecule has 1 aliphatic heterocycles. The standard InChI is InChI=1S/C15H23NO2S/c1-17-15-12(6-3-9-16)5-2-8-14(15)18-13-7-4-10-19-11-13/h2,5,8,13H,3-4,6-7,9-11,16H2,1H3. The van der Waals surface area contributed by atoms with Gasteiger partial charge >= 0.3 is 0 Å². The van der Waals surface area contributed by atoms with Gasteiger partial charge in [-0.05, 0) is 49.6 Å². The van der Waals surface area contributed by atoms with E-state index in [2.05, 4.69) is 6.07 Å². The molecule has 0 aromatic heterocycles. The van der Waals surface area contributed by atoms with Crippen LogP contribution in [-0.2, 0) is 6.42 Å². The fourth-order valence-electron chi connectivity index (χ4n) is 2.36. The number of hydrogen-bond donors (Lipinski definition) is 1. The third-order valence-corrected chi connectivity index (χ3v) is 4.51. The Morgan fingerprint density at radius 3 is 3.00 bits per heavy atom. The molecule has 1 atom stereocenters. The average Bonchev–Trinajstić information content (AvgIpc) is 2.46. The summed E-state index contributed by atoms with van der Waals surface area (Å²) in [6.45, 7) is 0.702. The zero-order valence-electron chi connectivity index (χ0n) is 11.6. The maximum atomic E-state index is 6.12. The van der Waals surface area contributed by atoms with Crippen molar-refractivity contribution in [2.75, 3.05) is 25.2 Å². The molecule has 1 aromatic carbocycles. The second kappa shape index (κ2) is 7.65. The van der Waals surface area contributed by atoms with E-state index >= 15 is 0 Å². The maximum absolute atomic E-state index is 6.12. The molecular formula is C15H23NO2S. The van der Waals surface area contributed by atoms with Gasteiger partial charge < -0.3 is 15.2 Å². The highest BCUT2D eigenvalue weighted by molar-refractivity contribution is 7.99. The molecule has 0 saturated carbocycles. The molecule has 0 radical (unpaired) electrons. The number of methoxy groups -OCH3 is 1. The first-order chi connectivity index (χ1) is 9.35. The third-order valence-electron chi connectivity index (χ3n) is 3.33. The summed E-state index contributed by atoms with van der Waals surface area (Å²) in [6, 6.07) is 6.14. The predicted molar refractivity (Wildman–Crippen MR) is 81.3 cm³/mol. The van der Waals surface area contributed by atoms with Crippen molar-refractivity contribution in [3.8, 4) is 11.5 Å². The van der Waals surface area contributed by atoms with Gasteiger partial charge in [-0.3, -0.25) is 0 Å². The van der Waals surface area contributed by atoms with Crippen LogP contribution in [0, 0.1) is 0 Å². The van der Waals surface area contributed by atoms with Gasteiger partial charge in [0.2, 0.25) is 0 Å². The minimum atomic E-state index is 0.317. The van der Waals surface area contributed by atoms with Crippen LogP contribution in [0.15, 0.2) is 18.2 Å². The van der Waals surface area contributed by atoms with Gasteiger partial charge in [-0.2, -0.15) is 11.8 Å². The summed E-state index contributed by atoms with van der Waals surface area (Å²) < 4.78 is 11.7. The van der Waals surface area contributed by atoms with Gasteiger partial charge in [0.05, 0.1) is 7.11 Å².